The van der Waals surface area contributed by atoms with E-state index in [2.05, 4.69) is 31.2 Å². The van der Waals surface area contributed by atoms with Crippen molar-refractivity contribution in [2.75, 3.05) is 0 Å². The van der Waals surface area contributed by atoms with E-state index in [0.717, 1.165) is 12.0 Å². The van der Waals surface area contributed by atoms with Crippen molar-refractivity contribution in [3.63, 3.8) is 0 Å². The van der Waals surface area contributed by atoms with Crippen molar-refractivity contribution in [2.45, 2.75) is 18.8 Å². The van der Waals surface area contributed by atoms with Crippen molar-refractivity contribution in [3.05, 3.63) is 113 Å². The summed E-state index contributed by atoms with van der Waals surface area (Å²) in [4.78, 5) is 12.7. The molecule has 0 N–H and O–H groups in total. The van der Waals surface area contributed by atoms with Crippen molar-refractivity contribution < 1.29 is 9.53 Å². The molecule has 3 aromatic rings. The fourth-order valence-corrected chi connectivity index (χ4v) is 3.33. The number of allylic oxidation sites excluding steroid dienone is 1. The molecule has 1 aliphatic carbocycles. The Balaban J connectivity index is 1.73. The van der Waals surface area contributed by atoms with Crippen LogP contribution in [0.3, 0.4) is 0 Å². The van der Waals surface area contributed by atoms with Gasteiger partial charge in [-0.1, -0.05) is 85.8 Å². The molecule has 1 unspecified atom stereocenters. The predicted molar refractivity (Wildman–Crippen MR) is 104 cm³/mol. The number of esters is 1. The second-order valence-electron chi connectivity index (χ2n) is 6.80. The molecule has 1 fully saturated rings. The van der Waals surface area contributed by atoms with Gasteiger partial charge in [-0.3, -0.25) is 0 Å². The molecule has 128 valence electrons. The Morgan fingerprint density at radius 2 is 1.27 bits per heavy atom. The van der Waals surface area contributed by atoms with Crippen LogP contribution in [-0.2, 0) is 10.2 Å². The zero-order valence-electron chi connectivity index (χ0n) is 14.7. The first-order valence-electron chi connectivity index (χ1n) is 8.80. The van der Waals surface area contributed by atoms with Crippen LogP contribution < -0.4 is 0 Å². The summed E-state index contributed by atoms with van der Waals surface area (Å²) in [6.07, 6.45) is 0.892. The topological polar surface area (TPSA) is 26.3 Å². The third kappa shape index (κ3) is 3.06. The molecule has 2 nitrogen and oxygen atoms in total. The van der Waals surface area contributed by atoms with E-state index < -0.39 is 0 Å². The molecular weight excluding hydrogens is 320 g/mol. The Morgan fingerprint density at radius 3 is 1.85 bits per heavy atom. The lowest BCUT2D eigenvalue weighted by Crippen LogP contribution is -2.07. The van der Waals surface area contributed by atoms with Crippen LogP contribution in [0.1, 0.15) is 34.8 Å². The first-order valence-corrected chi connectivity index (χ1v) is 8.80. The highest BCUT2D eigenvalue weighted by atomic mass is 16.5. The highest BCUT2D eigenvalue weighted by Gasteiger charge is 2.49. The van der Waals surface area contributed by atoms with E-state index in [4.69, 9.17) is 4.74 Å². The van der Waals surface area contributed by atoms with Crippen LogP contribution in [-0.4, -0.2) is 5.97 Å². The van der Waals surface area contributed by atoms with E-state index in [0.29, 0.717) is 11.3 Å². The lowest BCUT2D eigenvalue weighted by Gasteiger charge is -2.13. The van der Waals surface area contributed by atoms with Crippen LogP contribution >= 0.6 is 0 Å². The number of ether oxygens (including phenoxy) is 1. The van der Waals surface area contributed by atoms with E-state index in [1.54, 1.807) is 12.1 Å². The molecule has 0 amide bonds. The lowest BCUT2D eigenvalue weighted by atomic mass is 9.96. The summed E-state index contributed by atoms with van der Waals surface area (Å²) in [7, 11) is 0. The molecule has 26 heavy (non-hydrogen) atoms. The smallest absolute Gasteiger partial charge is 0.343 e. The van der Waals surface area contributed by atoms with Crippen LogP contribution in [0.15, 0.2) is 96.6 Å². The Labute approximate surface area is 153 Å². The maximum Gasteiger partial charge on any atom is 0.343 e. The number of carbonyl (C=O) groups excluding carboxylic acids is 1. The molecule has 0 aromatic heterocycles. The molecule has 3 aromatic carbocycles. The zero-order valence-corrected chi connectivity index (χ0v) is 14.7. The molecule has 2 heteroatoms. The average molecular weight is 340 g/mol. The van der Waals surface area contributed by atoms with Crippen LogP contribution in [0.5, 0.6) is 0 Å². The minimum absolute atomic E-state index is 0.0800. The molecule has 1 aliphatic rings. The summed E-state index contributed by atoms with van der Waals surface area (Å²) in [6.45, 7) is 2.21. The van der Waals surface area contributed by atoms with E-state index in [1.165, 1.54) is 11.1 Å². The molecular formula is C24H20O2. The second kappa shape index (κ2) is 6.64. The minimum Gasteiger partial charge on any atom is -0.422 e. The first-order chi connectivity index (χ1) is 12.7. The average Bonchev–Trinajstić information content (AvgIpc) is 3.40. The van der Waals surface area contributed by atoms with Crippen molar-refractivity contribution in [3.8, 4) is 0 Å². The monoisotopic (exact) mass is 340 g/mol. The third-order valence-electron chi connectivity index (χ3n) is 5.00. The van der Waals surface area contributed by atoms with E-state index in [-0.39, 0.29) is 11.4 Å². The minimum atomic E-state index is -0.320. The van der Waals surface area contributed by atoms with Gasteiger partial charge in [0.05, 0.1) is 5.56 Å². The van der Waals surface area contributed by atoms with Crippen LogP contribution in [0.2, 0.25) is 0 Å². The molecule has 0 heterocycles. The van der Waals surface area contributed by atoms with Gasteiger partial charge < -0.3 is 4.74 Å². The van der Waals surface area contributed by atoms with E-state index in [9.17, 15) is 4.79 Å². The summed E-state index contributed by atoms with van der Waals surface area (Å²) in [5, 5.41) is 0. The summed E-state index contributed by atoms with van der Waals surface area (Å²) in [6, 6.07) is 29.4. The van der Waals surface area contributed by atoms with Crippen LogP contribution in [0.25, 0.3) is 5.76 Å². The first kappa shape index (κ1) is 16.3. The number of carbonyl (C=O) groups is 1. The van der Waals surface area contributed by atoms with E-state index >= 15 is 0 Å². The SMILES string of the molecule is CC1(c2ccccc2)CC1=C(OC(=O)c1ccccc1)c1ccccc1. The van der Waals surface area contributed by atoms with Gasteiger partial charge in [-0.2, -0.15) is 0 Å². The summed E-state index contributed by atoms with van der Waals surface area (Å²) in [5.74, 6) is 0.366. The maximum atomic E-state index is 12.7. The fraction of sp³-hybridized carbons (Fsp3) is 0.125. The van der Waals surface area contributed by atoms with Gasteiger partial charge in [-0.25, -0.2) is 4.79 Å². The highest BCUT2D eigenvalue weighted by molar-refractivity contribution is 5.94. The van der Waals surface area contributed by atoms with Gasteiger partial charge in [0.2, 0.25) is 0 Å². The molecule has 0 saturated heterocycles. The molecule has 0 radical (unpaired) electrons. The van der Waals surface area contributed by atoms with Crippen molar-refractivity contribution in [2.24, 2.45) is 0 Å². The van der Waals surface area contributed by atoms with Gasteiger partial charge in [0, 0.05) is 11.0 Å². The lowest BCUT2D eigenvalue weighted by molar-refractivity contribution is 0.0691. The largest absolute Gasteiger partial charge is 0.422 e. The maximum absolute atomic E-state index is 12.7. The van der Waals surface area contributed by atoms with Crippen molar-refractivity contribution in [1.82, 2.24) is 0 Å². The standard InChI is InChI=1S/C24H20O2/c1-24(20-15-9-4-10-16-20)17-21(24)22(18-11-5-2-6-12-18)26-23(25)19-13-7-3-8-14-19/h2-16H,17H2,1H3. The van der Waals surface area contributed by atoms with Gasteiger partial charge in [0.15, 0.2) is 0 Å². The van der Waals surface area contributed by atoms with Gasteiger partial charge in [0.25, 0.3) is 0 Å². The van der Waals surface area contributed by atoms with Crippen molar-refractivity contribution >= 4 is 11.7 Å². The summed E-state index contributed by atoms with van der Waals surface area (Å²) >= 11 is 0. The van der Waals surface area contributed by atoms with Gasteiger partial charge in [-0.05, 0) is 29.7 Å². The molecule has 4 rings (SSSR count). The Bertz CT molecular complexity index is 943. The van der Waals surface area contributed by atoms with Gasteiger partial charge >= 0.3 is 5.97 Å². The van der Waals surface area contributed by atoms with E-state index in [1.807, 2.05) is 54.6 Å². The Hall–Kier alpha value is -3.13. The van der Waals surface area contributed by atoms with Crippen molar-refractivity contribution in [1.29, 1.82) is 0 Å². The van der Waals surface area contributed by atoms with Gasteiger partial charge in [0.1, 0.15) is 5.76 Å². The third-order valence-corrected chi connectivity index (χ3v) is 5.00. The summed E-state index contributed by atoms with van der Waals surface area (Å²) < 4.78 is 5.90. The quantitative estimate of drug-likeness (QED) is 0.455. The highest BCUT2D eigenvalue weighted by Crippen LogP contribution is 2.56. The zero-order chi connectivity index (χ0) is 18.0. The Morgan fingerprint density at radius 1 is 0.769 bits per heavy atom. The molecule has 0 spiro atoms. The second-order valence-corrected chi connectivity index (χ2v) is 6.80. The summed E-state index contributed by atoms with van der Waals surface area (Å²) in [5.41, 5.74) is 3.83. The predicted octanol–water partition coefficient (Wildman–Crippen LogP) is 5.62. The normalized spacial score (nSPS) is 20.3. The molecule has 1 atom stereocenters. The van der Waals surface area contributed by atoms with Crippen LogP contribution in [0.4, 0.5) is 0 Å². The number of rotatable bonds is 4. The number of benzene rings is 3. The molecule has 1 saturated carbocycles. The van der Waals surface area contributed by atoms with Crippen LogP contribution in [0, 0.1) is 0 Å². The number of hydrogen-bond acceptors (Lipinski definition) is 2. The fourth-order valence-electron chi connectivity index (χ4n) is 3.33. The Kier molecular flexibility index (Phi) is 4.18. The number of hydrogen-bond donors (Lipinski definition) is 0. The molecule has 0 aliphatic heterocycles. The molecule has 0 bridgehead atoms. The van der Waals surface area contributed by atoms with Gasteiger partial charge in [-0.15, -0.1) is 0 Å².